The van der Waals surface area contributed by atoms with Gasteiger partial charge in [0.15, 0.2) is 0 Å². The predicted molar refractivity (Wildman–Crippen MR) is 80.8 cm³/mol. The van der Waals surface area contributed by atoms with Crippen LogP contribution < -0.4 is 4.74 Å². The van der Waals surface area contributed by atoms with Crippen LogP contribution in [0.5, 0.6) is 5.75 Å². The lowest BCUT2D eigenvalue weighted by Gasteiger charge is -2.27. The lowest BCUT2D eigenvalue weighted by atomic mass is 10.2. The third-order valence-electron chi connectivity index (χ3n) is 3.97. The smallest absolute Gasteiger partial charge is 0.222 e. The molecule has 1 aliphatic carbocycles. The molecule has 0 unspecified atom stereocenters. The molecule has 3 heteroatoms. The van der Waals surface area contributed by atoms with Gasteiger partial charge in [-0.25, -0.2) is 0 Å². The summed E-state index contributed by atoms with van der Waals surface area (Å²) >= 11 is 0. The van der Waals surface area contributed by atoms with Crippen LogP contribution in [0.3, 0.4) is 0 Å². The van der Waals surface area contributed by atoms with E-state index in [1.54, 1.807) is 0 Å². The average molecular weight is 275 g/mol. The van der Waals surface area contributed by atoms with Crippen LogP contribution in [-0.2, 0) is 4.79 Å². The van der Waals surface area contributed by atoms with Crippen molar-refractivity contribution in [2.75, 3.05) is 13.2 Å². The first-order chi connectivity index (χ1) is 9.81. The van der Waals surface area contributed by atoms with Crippen LogP contribution in [0.2, 0.25) is 0 Å². The number of nitrogens with zero attached hydrogens (tertiary/aromatic N) is 1. The maximum atomic E-state index is 12.2. The van der Waals surface area contributed by atoms with Gasteiger partial charge in [-0.05, 0) is 38.3 Å². The fraction of sp³-hybridized carbons (Fsp3) is 0.588. The summed E-state index contributed by atoms with van der Waals surface area (Å²) in [6, 6.07) is 10.3. The second kappa shape index (κ2) is 7.93. The molecule has 0 spiro atoms. The minimum atomic E-state index is 0.288. The third kappa shape index (κ3) is 4.26. The molecule has 0 N–H and O–H groups in total. The van der Waals surface area contributed by atoms with E-state index in [-0.39, 0.29) is 5.91 Å². The molecular formula is C17H25NO2. The monoisotopic (exact) mass is 275 g/mol. The van der Waals surface area contributed by atoms with Gasteiger partial charge in [0.05, 0.1) is 6.61 Å². The molecule has 0 bridgehead atoms. The summed E-state index contributed by atoms with van der Waals surface area (Å²) in [5.74, 6) is 1.17. The van der Waals surface area contributed by atoms with Crippen molar-refractivity contribution in [3.8, 4) is 5.75 Å². The summed E-state index contributed by atoms with van der Waals surface area (Å²) in [6.45, 7) is 3.53. The third-order valence-corrected chi connectivity index (χ3v) is 3.97. The Bertz CT molecular complexity index is 399. The lowest BCUT2D eigenvalue weighted by Crippen LogP contribution is -2.38. The van der Waals surface area contributed by atoms with Gasteiger partial charge in [-0.15, -0.1) is 0 Å². The first-order valence-electron chi connectivity index (χ1n) is 7.78. The number of carbonyl (C=O) groups excluding carboxylic acids is 1. The van der Waals surface area contributed by atoms with Crippen molar-refractivity contribution in [1.29, 1.82) is 0 Å². The van der Waals surface area contributed by atoms with E-state index in [1.807, 2.05) is 30.3 Å². The Hall–Kier alpha value is -1.51. The van der Waals surface area contributed by atoms with Crippen LogP contribution in [0.1, 0.15) is 45.4 Å². The number of hydrogen-bond donors (Lipinski definition) is 0. The molecule has 3 nitrogen and oxygen atoms in total. The molecule has 0 heterocycles. The maximum Gasteiger partial charge on any atom is 0.222 e. The number of benzene rings is 1. The van der Waals surface area contributed by atoms with Crippen molar-refractivity contribution >= 4 is 5.91 Å². The summed E-state index contributed by atoms with van der Waals surface area (Å²) in [5.41, 5.74) is 0. The first-order valence-corrected chi connectivity index (χ1v) is 7.78. The van der Waals surface area contributed by atoms with Gasteiger partial charge in [-0.3, -0.25) is 4.79 Å². The van der Waals surface area contributed by atoms with Gasteiger partial charge in [0, 0.05) is 19.0 Å². The Kier molecular flexibility index (Phi) is 5.90. The minimum Gasteiger partial charge on any atom is -0.494 e. The van der Waals surface area contributed by atoms with Gasteiger partial charge in [-0.1, -0.05) is 31.0 Å². The van der Waals surface area contributed by atoms with Crippen molar-refractivity contribution in [3.63, 3.8) is 0 Å². The number of amides is 1. The Morgan fingerprint density at radius 3 is 2.60 bits per heavy atom. The molecule has 1 amide bonds. The van der Waals surface area contributed by atoms with E-state index < -0.39 is 0 Å². The van der Waals surface area contributed by atoms with Gasteiger partial charge in [0.25, 0.3) is 0 Å². The Morgan fingerprint density at radius 1 is 1.25 bits per heavy atom. The van der Waals surface area contributed by atoms with Crippen LogP contribution in [0.15, 0.2) is 30.3 Å². The van der Waals surface area contributed by atoms with Crippen molar-refractivity contribution in [3.05, 3.63) is 30.3 Å². The summed E-state index contributed by atoms with van der Waals surface area (Å²) < 4.78 is 5.62. The fourth-order valence-electron chi connectivity index (χ4n) is 2.93. The van der Waals surface area contributed by atoms with Gasteiger partial charge in [0.1, 0.15) is 5.75 Å². The lowest BCUT2D eigenvalue weighted by molar-refractivity contribution is -0.133. The van der Waals surface area contributed by atoms with Crippen LogP contribution in [0.25, 0.3) is 0 Å². The standard InChI is InChI=1S/C17H25NO2/c1-2-18(15-9-6-7-10-15)17(19)13-8-14-20-16-11-4-3-5-12-16/h3-5,11-12,15H,2,6-10,13-14H2,1H3. The molecule has 2 rings (SSSR count). The molecule has 1 fully saturated rings. The molecule has 110 valence electrons. The zero-order chi connectivity index (χ0) is 14.2. The highest BCUT2D eigenvalue weighted by atomic mass is 16.5. The molecule has 0 aliphatic heterocycles. The maximum absolute atomic E-state index is 12.2. The zero-order valence-electron chi connectivity index (χ0n) is 12.4. The van der Waals surface area contributed by atoms with E-state index >= 15 is 0 Å². The molecule has 1 aromatic carbocycles. The van der Waals surface area contributed by atoms with E-state index in [2.05, 4.69) is 11.8 Å². The highest BCUT2D eigenvalue weighted by Gasteiger charge is 2.24. The number of para-hydroxylation sites is 1. The fourth-order valence-corrected chi connectivity index (χ4v) is 2.93. The predicted octanol–water partition coefficient (Wildman–Crippen LogP) is 3.64. The van der Waals surface area contributed by atoms with E-state index in [1.165, 1.54) is 25.7 Å². The van der Waals surface area contributed by atoms with Crippen molar-refractivity contribution in [1.82, 2.24) is 4.90 Å². The number of rotatable bonds is 7. The highest BCUT2D eigenvalue weighted by molar-refractivity contribution is 5.76. The quantitative estimate of drug-likeness (QED) is 0.711. The molecule has 1 saturated carbocycles. The average Bonchev–Trinajstić information content (AvgIpc) is 2.99. The summed E-state index contributed by atoms with van der Waals surface area (Å²) in [7, 11) is 0. The summed E-state index contributed by atoms with van der Waals surface area (Å²) in [5, 5.41) is 0. The van der Waals surface area contributed by atoms with Crippen LogP contribution in [0, 0.1) is 0 Å². The van der Waals surface area contributed by atoms with Crippen molar-refractivity contribution in [2.24, 2.45) is 0 Å². The Labute approximate surface area is 121 Å². The van der Waals surface area contributed by atoms with Crippen molar-refractivity contribution in [2.45, 2.75) is 51.5 Å². The normalized spacial score (nSPS) is 15.2. The summed E-state index contributed by atoms with van der Waals surface area (Å²) in [4.78, 5) is 14.3. The van der Waals surface area contributed by atoms with Crippen LogP contribution >= 0.6 is 0 Å². The van der Waals surface area contributed by atoms with E-state index in [0.717, 1.165) is 18.7 Å². The van der Waals surface area contributed by atoms with E-state index in [4.69, 9.17) is 4.74 Å². The summed E-state index contributed by atoms with van der Waals surface area (Å²) in [6.07, 6.45) is 6.28. The number of carbonyl (C=O) groups is 1. The van der Waals surface area contributed by atoms with E-state index in [0.29, 0.717) is 19.1 Å². The van der Waals surface area contributed by atoms with E-state index in [9.17, 15) is 4.79 Å². The zero-order valence-corrected chi connectivity index (χ0v) is 12.4. The van der Waals surface area contributed by atoms with Gasteiger partial charge < -0.3 is 9.64 Å². The van der Waals surface area contributed by atoms with Crippen molar-refractivity contribution < 1.29 is 9.53 Å². The minimum absolute atomic E-state index is 0.288. The van der Waals surface area contributed by atoms with Crippen LogP contribution in [-0.4, -0.2) is 30.0 Å². The Balaban J connectivity index is 1.68. The number of hydrogen-bond acceptors (Lipinski definition) is 2. The topological polar surface area (TPSA) is 29.5 Å². The van der Waals surface area contributed by atoms with Gasteiger partial charge in [0.2, 0.25) is 5.91 Å². The Morgan fingerprint density at radius 2 is 1.95 bits per heavy atom. The molecule has 0 saturated heterocycles. The second-order valence-corrected chi connectivity index (χ2v) is 5.38. The molecule has 0 aromatic heterocycles. The number of ether oxygens (including phenoxy) is 1. The molecule has 0 atom stereocenters. The SMILES string of the molecule is CCN(C(=O)CCCOc1ccccc1)C1CCCC1. The second-order valence-electron chi connectivity index (χ2n) is 5.38. The highest BCUT2D eigenvalue weighted by Crippen LogP contribution is 2.24. The molecular weight excluding hydrogens is 250 g/mol. The molecule has 0 radical (unpaired) electrons. The largest absolute Gasteiger partial charge is 0.494 e. The van der Waals surface area contributed by atoms with Gasteiger partial charge >= 0.3 is 0 Å². The first kappa shape index (κ1) is 14.9. The molecule has 1 aliphatic rings. The van der Waals surface area contributed by atoms with Crippen LogP contribution in [0.4, 0.5) is 0 Å². The molecule has 1 aromatic rings. The van der Waals surface area contributed by atoms with Gasteiger partial charge in [-0.2, -0.15) is 0 Å². The molecule has 20 heavy (non-hydrogen) atoms.